The van der Waals surface area contributed by atoms with Crippen LogP contribution in [0.2, 0.25) is 0 Å². The molecule has 0 N–H and O–H groups in total. The van der Waals surface area contributed by atoms with E-state index in [4.69, 9.17) is 4.74 Å². The molecule has 2 nitrogen and oxygen atoms in total. The fraction of sp³-hybridized carbons (Fsp3) is 0.188. The van der Waals surface area contributed by atoms with E-state index in [2.05, 4.69) is 0 Å². The Kier molecular flexibility index (Phi) is 4.02. The molecule has 0 aliphatic carbocycles. The van der Waals surface area contributed by atoms with Crippen molar-refractivity contribution in [1.82, 2.24) is 0 Å². The summed E-state index contributed by atoms with van der Waals surface area (Å²) >= 11 is 0. The lowest BCUT2D eigenvalue weighted by atomic mass is 9.95. The van der Waals surface area contributed by atoms with Gasteiger partial charge in [-0.1, -0.05) is 30.3 Å². The van der Waals surface area contributed by atoms with Crippen molar-refractivity contribution in [2.75, 3.05) is 0 Å². The van der Waals surface area contributed by atoms with Gasteiger partial charge in [0.1, 0.15) is 5.75 Å². The fourth-order valence-corrected chi connectivity index (χ4v) is 2.10. The largest absolute Gasteiger partial charge is 0.427 e. The Labute approximate surface area is 120 Å². The topological polar surface area (TPSA) is 26.3 Å². The van der Waals surface area contributed by atoms with Crippen molar-refractivity contribution >= 4 is 5.97 Å². The minimum Gasteiger partial charge on any atom is -0.427 e. The molecule has 0 spiro atoms. The van der Waals surface area contributed by atoms with Crippen LogP contribution in [0.4, 0.5) is 13.2 Å². The Morgan fingerprint density at radius 3 is 2.29 bits per heavy atom. The van der Waals surface area contributed by atoms with Crippen LogP contribution < -0.4 is 4.74 Å². The number of halogens is 3. The molecule has 0 aromatic heterocycles. The Hall–Kier alpha value is -2.30. The summed E-state index contributed by atoms with van der Waals surface area (Å²) in [4.78, 5) is 10.9. The van der Waals surface area contributed by atoms with Crippen LogP contribution in [0.15, 0.2) is 42.5 Å². The van der Waals surface area contributed by atoms with Gasteiger partial charge in [0.15, 0.2) is 0 Å². The molecular weight excluding hydrogens is 281 g/mol. The van der Waals surface area contributed by atoms with Gasteiger partial charge in [0.05, 0.1) is 5.56 Å². The second-order valence-corrected chi connectivity index (χ2v) is 4.61. The lowest BCUT2D eigenvalue weighted by molar-refractivity contribution is -0.138. The van der Waals surface area contributed by atoms with Crippen LogP contribution in [0.25, 0.3) is 11.1 Å². The zero-order chi connectivity index (χ0) is 15.6. The third kappa shape index (κ3) is 3.42. The first-order valence-corrected chi connectivity index (χ1v) is 6.24. The lowest BCUT2D eigenvalue weighted by Crippen LogP contribution is -2.09. The highest BCUT2D eigenvalue weighted by atomic mass is 19.4. The van der Waals surface area contributed by atoms with Gasteiger partial charge >= 0.3 is 12.1 Å². The van der Waals surface area contributed by atoms with Crippen LogP contribution in [0, 0.1) is 6.92 Å². The Morgan fingerprint density at radius 1 is 1.05 bits per heavy atom. The van der Waals surface area contributed by atoms with E-state index in [0.717, 1.165) is 18.6 Å². The maximum atomic E-state index is 13.2. The van der Waals surface area contributed by atoms with E-state index in [0.29, 0.717) is 5.56 Å². The molecule has 0 amide bonds. The predicted molar refractivity (Wildman–Crippen MR) is 72.9 cm³/mol. The second kappa shape index (κ2) is 5.60. The average molecular weight is 294 g/mol. The summed E-state index contributed by atoms with van der Waals surface area (Å²) in [5.74, 6) is -0.779. The molecule has 5 heteroatoms. The van der Waals surface area contributed by atoms with Gasteiger partial charge in [0.25, 0.3) is 0 Å². The molecule has 21 heavy (non-hydrogen) atoms. The van der Waals surface area contributed by atoms with E-state index in [9.17, 15) is 18.0 Å². The SMILES string of the molecule is CC(=O)Oc1ccc(-c2ccccc2C)c(C(F)(F)F)c1. The molecular formula is C16H13F3O2. The molecule has 0 atom stereocenters. The molecule has 0 aliphatic heterocycles. The van der Waals surface area contributed by atoms with E-state index in [1.165, 1.54) is 12.1 Å². The smallest absolute Gasteiger partial charge is 0.417 e. The normalized spacial score (nSPS) is 11.3. The maximum absolute atomic E-state index is 13.2. The van der Waals surface area contributed by atoms with Crippen molar-refractivity contribution in [2.24, 2.45) is 0 Å². The summed E-state index contributed by atoms with van der Waals surface area (Å²) in [6.07, 6.45) is -4.53. The molecule has 0 unspecified atom stereocenters. The van der Waals surface area contributed by atoms with Crippen molar-refractivity contribution in [3.63, 3.8) is 0 Å². The van der Waals surface area contributed by atoms with Gasteiger partial charge in [-0.25, -0.2) is 0 Å². The van der Waals surface area contributed by atoms with E-state index in [1.807, 2.05) is 0 Å². The first kappa shape index (κ1) is 15.1. The number of rotatable bonds is 2. The zero-order valence-corrected chi connectivity index (χ0v) is 11.5. The van der Waals surface area contributed by atoms with Gasteiger partial charge in [-0.2, -0.15) is 13.2 Å². The van der Waals surface area contributed by atoms with Crippen LogP contribution in [0.5, 0.6) is 5.75 Å². The summed E-state index contributed by atoms with van der Waals surface area (Å²) < 4.78 is 44.5. The third-order valence-electron chi connectivity index (χ3n) is 2.99. The highest BCUT2D eigenvalue weighted by Gasteiger charge is 2.34. The number of aryl methyl sites for hydroxylation is 1. The number of benzene rings is 2. The molecule has 110 valence electrons. The zero-order valence-electron chi connectivity index (χ0n) is 11.5. The monoisotopic (exact) mass is 294 g/mol. The van der Waals surface area contributed by atoms with Crippen LogP contribution in [-0.4, -0.2) is 5.97 Å². The molecule has 0 heterocycles. The molecule has 0 radical (unpaired) electrons. The van der Waals surface area contributed by atoms with Crippen molar-refractivity contribution in [1.29, 1.82) is 0 Å². The molecule has 2 aromatic rings. The fourth-order valence-electron chi connectivity index (χ4n) is 2.10. The third-order valence-corrected chi connectivity index (χ3v) is 2.99. The summed E-state index contributed by atoms with van der Waals surface area (Å²) in [5.41, 5.74) is 0.481. The Balaban J connectivity index is 2.61. The van der Waals surface area contributed by atoms with Gasteiger partial charge in [-0.15, -0.1) is 0 Å². The first-order chi connectivity index (χ1) is 9.79. The minimum atomic E-state index is -4.53. The van der Waals surface area contributed by atoms with Gasteiger partial charge < -0.3 is 4.74 Å². The predicted octanol–water partition coefficient (Wildman–Crippen LogP) is 4.61. The lowest BCUT2D eigenvalue weighted by Gasteiger charge is -2.16. The summed E-state index contributed by atoms with van der Waals surface area (Å²) in [6.45, 7) is 2.89. The van der Waals surface area contributed by atoms with Crippen molar-refractivity contribution in [2.45, 2.75) is 20.0 Å². The van der Waals surface area contributed by atoms with E-state index < -0.39 is 17.7 Å². The highest BCUT2D eigenvalue weighted by molar-refractivity contribution is 5.74. The van der Waals surface area contributed by atoms with Crippen molar-refractivity contribution in [3.05, 3.63) is 53.6 Å². The van der Waals surface area contributed by atoms with Gasteiger partial charge in [-0.05, 0) is 35.7 Å². The number of carbonyl (C=O) groups excluding carboxylic acids is 1. The van der Waals surface area contributed by atoms with E-state index in [1.54, 1.807) is 31.2 Å². The van der Waals surface area contributed by atoms with Gasteiger partial charge in [0.2, 0.25) is 0 Å². The van der Waals surface area contributed by atoms with E-state index in [-0.39, 0.29) is 11.3 Å². The van der Waals surface area contributed by atoms with Crippen LogP contribution >= 0.6 is 0 Å². The van der Waals surface area contributed by atoms with Gasteiger partial charge in [0, 0.05) is 6.92 Å². The second-order valence-electron chi connectivity index (χ2n) is 4.61. The van der Waals surface area contributed by atoms with Crippen LogP contribution in [0.3, 0.4) is 0 Å². The summed E-state index contributed by atoms with van der Waals surface area (Å²) in [5, 5.41) is 0. The maximum Gasteiger partial charge on any atom is 0.417 e. The molecule has 0 saturated carbocycles. The average Bonchev–Trinajstić information content (AvgIpc) is 2.38. The first-order valence-electron chi connectivity index (χ1n) is 6.24. The van der Waals surface area contributed by atoms with Crippen molar-refractivity contribution in [3.8, 4) is 16.9 Å². The molecule has 0 saturated heterocycles. The standard InChI is InChI=1S/C16H13F3O2/c1-10-5-3-4-6-13(10)14-8-7-12(21-11(2)20)9-15(14)16(17,18)19/h3-9H,1-2H3. The number of hydrogen-bond donors (Lipinski definition) is 0. The highest BCUT2D eigenvalue weighted by Crippen LogP contribution is 2.40. The summed E-state index contributed by atoms with van der Waals surface area (Å²) in [6, 6.07) is 10.4. The molecule has 2 aromatic carbocycles. The van der Waals surface area contributed by atoms with Crippen molar-refractivity contribution < 1.29 is 22.7 Å². The number of ether oxygens (including phenoxy) is 1. The molecule has 2 rings (SSSR count). The van der Waals surface area contributed by atoms with E-state index >= 15 is 0 Å². The van der Waals surface area contributed by atoms with Gasteiger partial charge in [-0.3, -0.25) is 4.79 Å². The number of hydrogen-bond acceptors (Lipinski definition) is 2. The molecule has 0 aliphatic rings. The summed E-state index contributed by atoms with van der Waals surface area (Å²) in [7, 11) is 0. The molecule has 0 fully saturated rings. The Bertz CT molecular complexity index is 675. The number of alkyl halides is 3. The van der Waals surface area contributed by atoms with Crippen LogP contribution in [-0.2, 0) is 11.0 Å². The quantitative estimate of drug-likeness (QED) is 0.597. The molecule has 0 bridgehead atoms. The minimum absolute atomic E-state index is 0.0662. The Morgan fingerprint density at radius 2 is 1.71 bits per heavy atom. The number of carbonyl (C=O) groups is 1. The van der Waals surface area contributed by atoms with Crippen LogP contribution in [0.1, 0.15) is 18.1 Å². The number of esters is 1.